The molecule has 0 heterocycles. The summed E-state index contributed by atoms with van der Waals surface area (Å²) >= 11 is 0. The van der Waals surface area contributed by atoms with Gasteiger partial charge in [-0.1, -0.05) is 6.92 Å². The van der Waals surface area contributed by atoms with Crippen LogP contribution in [0.4, 0.5) is 0 Å². The average molecular weight is 406 g/mol. The van der Waals surface area contributed by atoms with Crippen LogP contribution in [0.25, 0.3) is 0 Å². The van der Waals surface area contributed by atoms with E-state index in [2.05, 4.69) is 11.8 Å². The highest BCUT2D eigenvalue weighted by molar-refractivity contribution is 4.96. The van der Waals surface area contributed by atoms with Gasteiger partial charge in [0.25, 0.3) is 0 Å². The number of hydrogen-bond donors (Lipinski definition) is 0. The summed E-state index contributed by atoms with van der Waals surface area (Å²) in [4.78, 5) is 2.57. The van der Waals surface area contributed by atoms with Crippen molar-refractivity contribution in [3.05, 3.63) is 0 Å². The van der Waals surface area contributed by atoms with Crippen LogP contribution in [0.5, 0.6) is 0 Å². The smallest absolute Gasteiger partial charge is 0.0522 e. The fourth-order valence-electron chi connectivity index (χ4n) is 7.32. The second-order valence-electron chi connectivity index (χ2n) is 11.2. The largest absolute Gasteiger partial charge is 0.381 e. The summed E-state index contributed by atoms with van der Waals surface area (Å²) in [5, 5.41) is 0. The minimum Gasteiger partial charge on any atom is -0.381 e. The van der Waals surface area contributed by atoms with Crippen molar-refractivity contribution in [3.63, 3.8) is 0 Å². The highest BCUT2D eigenvalue weighted by Gasteiger charge is 2.45. The van der Waals surface area contributed by atoms with Crippen LogP contribution in [-0.2, 0) is 9.47 Å². The second-order valence-corrected chi connectivity index (χ2v) is 11.2. The van der Waals surface area contributed by atoms with Crippen LogP contribution in [-0.4, -0.2) is 51.0 Å². The van der Waals surface area contributed by atoms with Gasteiger partial charge in [0.1, 0.15) is 0 Å². The van der Waals surface area contributed by atoms with Crippen LogP contribution in [0.15, 0.2) is 0 Å². The fraction of sp³-hybridized carbons (Fsp3) is 1.00. The summed E-state index contributed by atoms with van der Waals surface area (Å²) in [5.74, 6) is 2.12. The highest BCUT2D eigenvalue weighted by atomic mass is 16.5. The molecule has 4 rings (SSSR count). The average Bonchev–Trinajstić information content (AvgIpc) is 3.52. The SMILES string of the molecule is CCN(CCCOCCCC12CCC(CC1)C2)CCCOCC12CCC(CC1)C2. The predicted molar refractivity (Wildman–Crippen MR) is 120 cm³/mol. The molecule has 3 nitrogen and oxygen atoms in total. The van der Waals surface area contributed by atoms with Crippen LogP contribution in [0.2, 0.25) is 0 Å². The van der Waals surface area contributed by atoms with Crippen molar-refractivity contribution in [2.24, 2.45) is 22.7 Å². The zero-order chi connectivity index (χ0) is 20.0. The molecule has 4 saturated carbocycles. The first-order valence-electron chi connectivity index (χ1n) is 13.1. The Hall–Kier alpha value is -0.120. The first-order valence-corrected chi connectivity index (χ1v) is 13.1. The molecular formula is C26H47NO2. The van der Waals surface area contributed by atoms with Crippen molar-refractivity contribution in [2.45, 2.75) is 96.8 Å². The van der Waals surface area contributed by atoms with E-state index >= 15 is 0 Å². The minimum absolute atomic E-state index is 0.587. The van der Waals surface area contributed by atoms with Gasteiger partial charge in [0.05, 0.1) is 6.61 Å². The lowest BCUT2D eigenvalue weighted by Crippen LogP contribution is -2.28. The Morgan fingerprint density at radius 2 is 1.28 bits per heavy atom. The molecule has 29 heavy (non-hydrogen) atoms. The first kappa shape index (κ1) is 22.1. The number of rotatable bonds is 15. The second kappa shape index (κ2) is 10.5. The van der Waals surface area contributed by atoms with Gasteiger partial charge in [0, 0.05) is 32.9 Å². The van der Waals surface area contributed by atoms with Crippen molar-refractivity contribution in [2.75, 3.05) is 46.1 Å². The molecule has 0 aliphatic heterocycles. The molecule has 0 spiro atoms. The van der Waals surface area contributed by atoms with Crippen LogP contribution >= 0.6 is 0 Å². The van der Waals surface area contributed by atoms with E-state index in [0.29, 0.717) is 5.41 Å². The molecule has 0 radical (unpaired) electrons. The van der Waals surface area contributed by atoms with E-state index in [9.17, 15) is 0 Å². The van der Waals surface area contributed by atoms with Gasteiger partial charge in [0.2, 0.25) is 0 Å². The minimum atomic E-state index is 0.587. The van der Waals surface area contributed by atoms with E-state index in [1.54, 1.807) is 0 Å². The quantitative estimate of drug-likeness (QED) is 0.309. The topological polar surface area (TPSA) is 21.7 Å². The lowest BCUT2D eigenvalue weighted by molar-refractivity contribution is 0.0427. The molecule has 4 fully saturated rings. The number of hydrogen-bond acceptors (Lipinski definition) is 3. The van der Waals surface area contributed by atoms with E-state index in [0.717, 1.165) is 50.2 Å². The molecule has 4 aliphatic rings. The third-order valence-electron chi connectivity index (χ3n) is 9.15. The van der Waals surface area contributed by atoms with E-state index < -0.39 is 0 Å². The van der Waals surface area contributed by atoms with Gasteiger partial charge < -0.3 is 14.4 Å². The van der Waals surface area contributed by atoms with Crippen molar-refractivity contribution >= 4 is 0 Å². The van der Waals surface area contributed by atoms with Gasteiger partial charge in [0.15, 0.2) is 0 Å². The van der Waals surface area contributed by atoms with E-state index in [4.69, 9.17) is 9.47 Å². The summed E-state index contributed by atoms with van der Waals surface area (Å²) in [5.41, 5.74) is 1.33. The van der Waals surface area contributed by atoms with Gasteiger partial charge >= 0.3 is 0 Å². The molecule has 4 aliphatic carbocycles. The van der Waals surface area contributed by atoms with E-state index in [-0.39, 0.29) is 0 Å². The van der Waals surface area contributed by atoms with E-state index in [1.807, 2.05) is 0 Å². The third kappa shape index (κ3) is 5.98. The summed E-state index contributed by atoms with van der Waals surface area (Å²) in [7, 11) is 0. The van der Waals surface area contributed by atoms with Crippen LogP contribution in [0.3, 0.4) is 0 Å². The normalized spacial score (nSPS) is 35.4. The van der Waals surface area contributed by atoms with Gasteiger partial charge in [-0.25, -0.2) is 0 Å². The number of fused-ring (bicyclic) bond motifs is 4. The molecule has 0 amide bonds. The maximum atomic E-state index is 6.11. The van der Waals surface area contributed by atoms with Crippen LogP contribution in [0, 0.1) is 22.7 Å². The lowest BCUT2D eigenvalue weighted by Gasteiger charge is -2.26. The van der Waals surface area contributed by atoms with Crippen molar-refractivity contribution in [3.8, 4) is 0 Å². The Kier molecular flexibility index (Phi) is 7.97. The van der Waals surface area contributed by atoms with Crippen LogP contribution < -0.4 is 0 Å². The van der Waals surface area contributed by atoms with Crippen molar-refractivity contribution in [1.82, 2.24) is 4.90 Å². The summed E-state index contributed by atoms with van der Waals surface area (Å²) < 4.78 is 12.1. The van der Waals surface area contributed by atoms with Crippen molar-refractivity contribution < 1.29 is 9.47 Å². The number of nitrogens with zero attached hydrogens (tertiary/aromatic N) is 1. The monoisotopic (exact) mass is 405 g/mol. The first-order chi connectivity index (χ1) is 14.2. The van der Waals surface area contributed by atoms with Gasteiger partial charge in [-0.3, -0.25) is 0 Å². The maximum absolute atomic E-state index is 6.11. The third-order valence-corrected chi connectivity index (χ3v) is 9.15. The molecule has 0 aromatic heterocycles. The lowest BCUT2D eigenvalue weighted by atomic mass is 9.80. The van der Waals surface area contributed by atoms with Crippen LogP contribution in [0.1, 0.15) is 96.8 Å². The van der Waals surface area contributed by atoms with Gasteiger partial charge in [-0.2, -0.15) is 0 Å². The summed E-state index contributed by atoms with van der Waals surface area (Å²) in [6.45, 7) is 9.68. The summed E-state index contributed by atoms with van der Waals surface area (Å²) in [6, 6.07) is 0. The van der Waals surface area contributed by atoms with Gasteiger partial charge in [-0.15, -0.1) is 0 Å². The molecule has 3 heteroatoms. The molecule has 0 aromatic carbocycles. The Balaban J connectivity index is 0.966. The Morgan fingerprint density at radius 3 is 1.83 bits per heavy atom. The zero-order valence-corrected chi connectivity index (χ0v) is 19.3. The van der Waals surface area contributed by atoms with Crippen molar-refractivity contribution in [1.29, 1.82) is 0 Å². The maximum Gasteiger partial charge on any atom is 0.0522 e. The standard InChI is InChI=1S/C26H47NO2/c1-2-27(16-5-19-29-22-26-13-8-24(21-26)9-14-26)15-4-18-28-17-3-10-25-11-6-23(20-25)7-12-25/h23-24H,2-22H2,1H3. The highest BCUT2D eigenvalue weighted by Crippen LogP contribution is 2.56. The Morgan fingerprint density at radius 1 is 0.724 bits per heavy atom. The molecule has 0 saturated heterocycles. The van der Waals surface area contributed by atoms with E-state index in [1.165, 1.54) is 103 Å². The molecule has 0 unspecified atom stereocenters. The molecule has 0 N–H and O–H groups in total. The molecule has 0 atom stereocenters. The number of ether oxygens (including phenoxy) is 2. The zero-order valence-electron chi connectivity index (χ0n) is 19.3. The molecule has 168 valence electrons. The molecule has 0 aromatic rings. The fourth-order valence-corrected chi connectivity index (χ4v) is 7.32. The van der Waals surface area contributed by atoms with Gasteiger partial charge in [-0.05, 0) is 119 Å². The Bertz CT molecular complexity index is 477. The predicted octanol–water partition coefficient (Wildman–Crippen LogP) is 6.06. The molecular weight excluding hydrogens is 358 g/mol. The molecule has 4 bridgehead atoms. The Labute approximate surface area is 180 Å². The summed E-state index contributed by atoms with van der Waals surface area (Å²) in [6.07, 6.45) is 19.9.